The van der Waals surface area contributed by atoms with Gasteiger partial charge in [0.2, 0.25) is 0 Å². The highest BCUT2D eigenvalue weighted by atomic mass is 32.1. The second-order valence-corrected chi connectivity index (χ2v) is 5.25. The Morgan fingerprint density at radius 1 is 1.62 bits per heavy atom. The largest absolute Gasteiger partial charge is 0.281 e. The molecule has 1 heterocycles. The molecule has 16 heavy (non-hydrogen) atoms. The third kappa shape index (κ3) is 2.92. The number of nitrogens with one attached hydrogen (secondary N) is 1. The van der Waals surface area contributed by atoms with Gasteiger partial charge in [-0.1, -0.05) is 13.0 Å². The van der Waals surface area contributed by atoms with Crippen LogP contribution in [0.3, 0.4) is 0 Å². The Labute approximate surface area is 99.6 Å². The minimum Gasteiger partial charge on any atom is -0.266 e. The van der Waals surface area contributed by atoms with Gasteiger partial charge < -0.3 is 0 Å². The van der Waals surface area contributed by atoms with Crippen molar-refractivity contribution in [1.82, 2.24) is 5.43 Å². The predicted molar refractivity (Wildman–Crippen MR) is 66.9 cm³/mol. The first-order valence-electron chi connectivity index (χ1n) is 5.65. The van der Waals surface area contributed by atoms with Gasteiger partial charge in [-0.05, 0) is 43.0 Å². The summed E-state index contributed by atoms with van der Waals surface area (Å²) in [5.41, 5.74) is 3.76. The number of carbonyl (C=O) groups is 1. The lowest BCUT2D eigenvalue weighted by atomic mass is 9.89. The van der Waals surface area contributed by atoms with E-state index in [2.05, 4.69) is 17.5 Å². The summed E-state index contributed by atoms with van der Waals surface area (Å²) in [5, 5.41) is 6.11. The van der Waals surface area contributed by atoms with Crippen molar-refractivity contribution in [1.29, 1.82) is 0 Å². The number of thiophene rings is 1. The van der Waals surface area contributed by atoms with Gasteiger partial charge in [-0.15, -0.1) is 11.3 Å². The normalized spacial score (nSPS) is 23.3. The quantitative estimate of drug-likeness (QED) is 0.788. The maximum Gasteiger partial charge on any atom is 0.281 e. The highest BCUT2D eigenvalue weighted by molar-refractivity contribution is 7.12. The first kappa shape index (κ1) is 11.3. The summed E-state index contributed by atoms with van der Waals surface area (Å²) in [7, 11) is 0. The third-order valence-electron chi connectivity index (χ3n) is 2.81. The van der Waals surface area contributed by atoms with Gasteiger partial charge in [0.1, 0.15) is 0 Å². The molecule has 0 radical (unpaired) electrons. The van der Waals surface area contributed by atoms with Gasteiger partial charge in [-0.2, -0.15) is 5.10 Å². The number of hydrogen-bond acceptors (Lipinski definition) is 3. The first-order chi connectivity index (χ1) is 7.75. The van der Waals surface area contributed by atoms with E-state index < -0.39 is 0 Å². The van der Waals surface area contributed by atoms with Crippen LogP contribution in [0.1, 0.15) is 42.3 Å². The first-order valence-corrected chi connectivity index (χ1v) is 6.53. The molecule has 0 bridgehead atoms. The maximum absolute atomic E-state index is 11.6. The summed E-state index contributed by atoms with van der Waals surface area (Å²) in [5.74, 6) is 0.604. The number of rotatable bonds is 2. The lowest BCUT2D eigenvalue weighted by Crippen LogP contribution is -2.21. The van der Waals surface area contributed by atoms with Crippen LogP contribution in [0.25, 0.3) is 0 Å². The van der Waals surface area contributed by atoms with Gasteiger partial charge in [0.05, 0.1) is 4.88 Å². The van der Waals surface area contributed by atoms with E-state index in [9.17, 15) is 4.79 Å². The average Bonchev–Trinajstić information content (AvgIpc) is 2.79. The molecule has 0 spiro atoms. The molecule has 1 amide bonds. The Morgan fingerprint density at radius 3 is 3.19 bits per heavy atom. The van der Waals surface area contributed by atoms with Crippen molar-refractivity contribution in [2.24, 2.45) is 11.0 Å². The minimum atomic E-state index is -0.0965. The fourth-order valence-corrected chi connectivity index (χ4v) is 2.57. The van der Waals surface area contributed by atoms with Gasteiger partial charge in [-0.25, -0.2) is 5.43 Å². The molecule has 1 saturated carbocycles. The van der Waals surface area contributed by atoms with Gasteiger partial charge in [0.25, 0.3) is 5.91 Å². The zero-order valence-electron chi connectivity index (χ0n) is 9.40. The van der Waals surface area contributed by atoms with Crippen LogP contribution in [-0.4, -0.2) is 11.6 Å². The van der Waals surface area contributed by atoms with Crippen molar-refractivity contribution in [2.75, 3.05) is 0 Å². The molecule has 2 rings (SSSR count). The molecule has 1 N–H and O–H groups in total. The smallest absolute Gasteiger partial charge is 0.266 e. The summed E-state index contributed by atoms with van der Waals surface area (Å²) >= 11 is 1.44. The second kappa shape index (κ2) is 5.25. The molecule has 4 heteroatoms. The number of nitrogens with zero attached hydrogens (tertiary/aromatic N) is 1. The molecule has 3 nitrogen and oxygen atoms in total. The van der Waals surface area contributed by atoms with Crippen LogP contribution in [0.5, 0.6) is 0 Å². The molecule has 1 aromatic heterocycles. The van der Waals surface area contributed by atoms with Gasteiger partial charge in [0, 0.05) is 5.71 Å². The maximum atomic E-state index is 11.6. The van der Waals surface area contributed by atoms with Crippen LogP contribution in [0, 0.1) is 5.92 Å². The average molecular weight is 236 g/mol. The second-order valence-electron chi connectivity index (χ2n) is 4.30. The van der Waals surface area contributed by atoms with E-state index in [0.717, 1.165) is 18.6 Å². The molecule has 0 aliphatic heterocycles. The molecule has 0 saturated heterocycles. The van der Waals surface area contributed by atoms with Crippen LogP contribution in [0.2, 0.25) is 0 Å². The van der Waals surface area contributed by atoms with Crippen molar-refractivity contribution in [3.63, 3.8) is 0 Å². The van der Waals surface area contributed by atoms with E-state index in [-0.39, 0.29) is 5.91 Å². The van der Waals surface area contributed by atoms with Crippen molar-refractivity contribution in [3.05, 3.63) is 22.4 Å². The van der Waals surface area contributed by atoms with Crippen LogP contribution in [0.4, 0.5) is 0 Å². The highest BCUT2D eigenvalue weighted by Gasteiger charge is 2.14. The molecule has 1 fully saturated rings. The molecule has 1 aliphatic rings. The molecular formula is C12H16N2OS. The van der Waals surface area contributed by atoms with Crippen molar-refractivity contribution >= 4 is 23.0 Å². The molecule has 1 aliphatic carbocycles. The summed E-state index contributed by atoms with van der Waals surface area (Å²) in [6.07, 6.45) is 4.51. The van der Waals surface area contributed by atoms with Gasteiger partial charge in [0.15, 0.2) is 0 Å². The number of hydrazone groups is 1. The molecule has 1 aromatic rings. The minimum absolute atomic E-state index is 0.0965. The Morgan fingerprint density at radius 2 is 2.50 bits per heavy atom. The van der Waals surface area contributed by atoms with E-state index in [1.807, 2.05) is 17.5 Å². The SMILES string of the molecule is C[C@@H]1CCC/C(=N/NC(=O)c2cccs2)C1. The van der Waals surface area contributed by atoms with E-state index in [1.165, 1.54) is 24.2 Å². The van der Waals surface area contributed by atoms with Crippen LogP contribution < -0.4 is 5.43 Å². The highest BCUT2D eigenvalue weighted by Crippen LogP contribution is 2.21. The van der Waals surface area contributed by atoms with E-state index in [1.54, 1.807) is 0 Å². The fourth-order valence-electron chi connectivity index (χ4n) is 1.96. The van der Waals surface area contributed by atoms with Crippen LogP contribution in [0.15, 0.2) is 22.6 Å². The Balaban J connectivity index is 1.91. The predicted octanol–water partition coefficient (Wildman–Crippen LogP) is 3.04. The van der Waals surface area contributed by atoms with E-state index in [0.29, 0.717) is 10.8 Å². The summed E-state index contributed by atoms with van der Waals surface area (Å²) in [4.78, 5) is 12.3. The Hall–Kier alpha value is -1.16. The van der Waals surface area contributed by atoms with Crippen LogP contribution >= 0.6 is 11.3 Å². The molecule has 86 valence electrons. The van der Waals surface area contributed by atoms with E-state index in [4.69, 9.17) is 0 Å². The zero-order chi connectivity index (χ0) is 11.4. The van der Waals surface area contributed by atoms with Crippen molar-refractivity contribution in [2.45, 2.75) is 32.6 Å². The summed E-state index contributed by atoms with van der Waals surface area (Å²) in [6, 6.07) is 3.68. The lowest BCUT2D eigenvalue weighted by molar-refractivity contribution is 0.0958. The molecular weight excluding hydrogens is 220 g/mol. The Kier molecular flexibility index (Phi) is 3.72. The number of carbonyl (C=O) groups excluding carboxylic acids is 1. The zero-order valence-corrected chi connectivity index (χ0v) is 10.2. The van der Waals surface area contributed by atoms with Crippen LogP contribution in [-0.2, 0) is 0 Å². The lowest BCUT2D eigenvalue weighted by Gasteiger charge is -2.18. The van der Waals surface area contributed by atoms with Crippen molar-refractivity contribution in [3.8, 4) is 0 Å². The monoisotopic (exact) mass is 236 g/mol. The summed E-state index contributed by atoms with van der Waals surface area (Å²) in [6.45, 7) is 2.23. The van der Waals surface area contributed by atoms with E-state index >= 15 is 0 Å². The summed E-state index contributed by atoms with van der Waals surface area (Å²) < 4.78 is 0. The fraction of sp³-hybridized carbons (Fsp3) is 0.500. The number of hydrogen-bond donors (Lipinski definition) is 1. The van der Waals surface area contributed by atoms with Crippen molar-refractivity contribution < 1.29 is 4.79 Å². The van der Waals surface area contributed by atoms with Gasteiger partial charge >= 0.3 is 0 Å². The third-order valence-corrected chi connectivity index (χ3v) is 3.68. The number of amides is 1. The molecule has 1 atom stereocenters. The van der Waals surface area contributed by atoms with Gasteiger partial charge in [-0.3, -0.25) is 4.79 Å². The Bertz CT molecular complexity index is 384. The topological polar surface area (TPSA) is 41.5 Å². The standard InChI is InChI=1S/C12H16N2OS/c1-9-4-2-5-10(8-9)13-14-12(15)11-6-3-7-16-11/h3,6-7,9H,2,4-5,8H2,1H3,(H,14,15)/b13-10-/t9-/m1/s1. The molecule has 0 unspecified atom stereocenters. The molecule has 0 aromatic carbocycles.